The van der Waals surface area contributed by atoms with E-state index in [-0.39, 0.29) is 12.4 Å². The van der Waals surface area contributed by atoms with E-state index in [4.69, 9.17) is 9.26 Å². The van der Waals surface area contributed by atoms with Gasteiger partial charge in [0.05, 0.1) is 18.4 Å². The Morgan fingerprint density at radius 2 is 2.04 bits per heavy atom. The predicted molar refractivity (Wildman–Crippen MR) is 102 cm³/mol. The molecule has 9 heteroatoms. The number of esters is 2. The maximum atomic E-state index is 12.3. The highest BCUT2D eigenvalue weighted by atomic mass is 32.2. The number of hydrogen-bond donors (Lipinski definition) is 1. The van der Waals surface area contributed by atoms with Crippen molar-refractivity contribution in [1.29, 1.82) is 0 Å². The molecule has 0 aliphatic rings. The number of methoxy groups -OCH3 is 1. The Balaban J connectivity index is 1.80. The highest BCUT2D eigenvalue weighted by Crippen LogP contribution is 2.26. The van der Waals surface area contributed by atoms with E-state index in [1.54, 1.807) is 18.2 Å². The van der Waals surface area contributed by atoms with Crippen molar-refractivity contribution in [3.63, 3.8) is 0 Å². The summed E-state index contributed by atoms with van der Waals surface area (Å²) in [6.07, 6.45) is 0.666. The number of ether oxygens (including phenoxy) is 2. The van der Waals surface area contributed by atoms with Gasteiger partial charge in [0.2, 0.25) is 0 Å². The normalized spacial score (nSPS) is 10.4. The van der Waals surface area contributed by atoms with Crippen LogP contribution in [-0.2, 0) is 24.8 Å². The second-order valence-electron chi connectivity index (χ2n) is 5.82. The lowest BCUT2D eigenvalue weighted by Gasteiger charge is -2.09. The molecule has 0 radical (unpaired) electrons. The van der Waals surface area contributed by atoms with E-state index in [0.717, 1.165) is 16.3 Å². The Morgan fingerprint density at radius 1 is 1.25 bits per heavy atom. The number of carbonyl (C=O) groups excluding carboxylic acids is 3. The van der Waals surface area contributed by atoms with Crippen LogP contribution in [-0.4, -0.2) is 43.3 Å². The number of aromatic nitrogens is 1. The molecule has 0 unspecified atom stereocenters. The Labute approximate surface area is 166 Å². The molecular weight excluding hydrogens is 384 g/mol. The standard InChI is InChI=1S/C19H22N2O6S/c1-13-10-14(21-27-13)12-28-16-7-4-3-6-15(16)19(24)26-11-17(22)20-9-5-8-18(23)25-2/h3-4,6-7,10H,5,8-9,11-12H2,1-2H3,(H,20,22). The number of rotatable bonds is 10. The molecular formula is C19H22N2O6S. The number of nitrogens with zero attached hydrogens (tertiary/aromatic N) is 1. The molecule has 150 valence electrons. The topological polar surface area (TPSA) is 108 Å². The third kappa shape index (κ3) is 7.07. The van der Waals surface area contributed by atoms with Crippen molar-refractivity contribution in [2.45, 2.75) is 30.4 Å². The number of aryl methyl sites for hydroxylation is 1. The molecule has 0 saturated carbocycles. The lowest BCUT2D eigenvalue weighted by molar-refractivity contribution is -0.140. The molecule has 0 aliphatic carbocycles. The van der Waals surface area contributed by atoms with Gasteiger partial charge in [0.25, 0.3) is 5.91 Å². The fraction of sp³-hybridized carbons (Fsp3) is 0.368. The van der Waals surface area contributed by atoms with Crippen molar-refractivity contribution in [2.75, 3.05) is 20.3 Å². The summed E-state index contributed by atoms with van der Waals surface area (Å²) in [4.78, 5) is 35.8. The molecule has 1 heterocycles. The first-order valence-electron chi connectivity index (χ1n) is 8.64. The van der Waals surface area contributed by atoms with E-state index in [0.29, 0.717) is 24.3 Å². The zero-order valence-corrected chi connectivity index (χ0v) is 16.5. The van der Waals surface area contributed by atoms with Crippen LogP contribution in [0.3, 0.4) is 0 Å². The van der Waals surface area contributed by atoms with Crippen LogP contribution in [0.1, 0.15) is 34.7 Å². The summed E-state index contributed by atoms with van der Waals surface area (Å²) in [7, 11) is 1.31. The van der Waals surface area contributed by atoms with Crippen LogP contribution in [0, 0.1) is 6.92 Å². The molecule has 1 aromatic carbocycles. The quantitative estimate of drug-likeness (QED) is 0.364. The Hall–Kier alpha value is -2.81. The molecule has 1 aromatic heterocycles. The van der Waals surface area contributed by atoms with Gasteiger partial charge in [0, 0.05) is 29.7 Å². The molecule has 8 nitrogen and oxygen atoms in total. The van der Waals surface area contributed by atoms with E-state index in [9.17, 15) is 14.4 Å². The predicted octanol–water partition coefficient (Wildman–Crippen LogP) is 2.50. The highest BCUT2D eigenvalue weighted by Gasteiger charge is 2.15. The molecule has 1 amide bonds. The first-order valence-corrected chi connectivity index (χ1v) is 9.63. The van der Waals surface area contributed by atoms with Crippen LogP contribution >= 0.6 is 11.8 Å². The molecule has 1 N–H and O–H groups in total. The van der Waals surface area contributed by atoms with Crippen molar-refractivity contribution in [3.05, 3.63) is 47.3 Å². The van der Waals surface area contributed by atoms with Crippen LogP contribution < -0.4 is 5.32 Å². The van der Waals surface area contributed by atoms with Crippen LogP contribution in [0.4, 0.5) is 0 Å². The molecule has 0 bridgehead atoms. The van der Waals surface area contributed by atoms with Crippen molar-refractivity contribution >= 4 is 29.6 Å². The summed E-state index contributed by atoms with van der Waals surface area (Å²) >= 11 is 1.43. The average Bonchev–Trinajstić information content (AvgIpc) is 3.13. The lowest BCUT2D eigenvalue weighted by atomic mass is 10.2. The minimum atomic E-state index is -0.579. The second kappa shape index (κ2) is 11.1. The first kappa shape index (κ1) is 21.5. The molecule has 28 heavy (non-hydrogen) atoms. The van der Waals surface area contributed by atoms with Gasteiger partial charge in [-0.2, -0.15) is 0 Å². The van der Waals surface area contributed by atoms with Gasteiger partial charge < -0.3 is 19.3 Å². The van der Waals surface area contributed by atoms with Gasteiger partial charge in [-0.1, -0.05) is 17.3 Å². The van der Waals surface area contributed by atoms with E-state index < -0.39 is 18.5 Å². The fourth-order valence-electron chi connectivity index (χ4n) is 2.22. The van der Waals surface area contributed by atoms with Crippen LogP contribution in [0.5, 0.6) is 0 Å². The maximum absolute atomic E-state index is 12.3. The van der Waals surface area contributed by atoms with E-state index in [1.165, 1.54) is 18.9 Å². The summed E-state index contributed by atoms with van der Waals surface area (Å²) in [5.41, 5.74) is 1.16. The number of carbonyl (C=O) groups is 3. The summed E-state index contributed by atoms with van der Waals surface area (Å²) in [6, 6.07) is 8.83. The summed E-state index contributed by atoms with van der Waals surface area (Å²) in [5.74, 6) is -0.0792. The van der Waals surface area contributed by atoms with E-state index >= 15 is 0 Å². The summed E-state index contributed by atoms with van der Waals surface area (Å²) < 4.78 is 14.6. The van der Waals surface area contributed by atoms with Crippen LogP contribution in [0.25, 0.3) is 0 Å². The number of thioether (sulfide) groups is 1. The van der Waals surface area contributed by atoms with Gasteiger partial charge in [-0.15, -0.1) is 11.8 Å². The number of hydrogen-bond acceptors (Lipinski definition) is 8. The zero-order chi connectivity index (χ0) is 20.4. The number of benzene rings is 1. The molecule has 0 fully saturated rings. The Kier molecular flexibility index (Phi) is 8.54. The minimum Gasteiger partial charge on any atom is -0.469 e. The fourth-order valence-corrected chi connectivity index (χ4v) is 3.14. The first-order chi connectivity index (χ1) is 13.5. The summed E-state index contributed by atoms with van der Waals surface area (Å²) in [5, 5.41) is 6.51. The Morgan fingerprint density at radius 3 is 2.75 bits per heavy atom. The number of amides is 1. The van der Waals surface area contributed by atoms with Gasteiger partial charge in [0.1, 0.15) is 5.76 Å². The zero-order valence-electron chi connectivity index (χ0n) is 15.7. The second-order valence-corrected chi connectivity index (χ2v) is 6.84. The molecule has 0 aliphatic heterocycles. The maximum Gasteiger partial charge on any atom is 0.339 e. The molecule has 0 saturated heterocycles. The largest absolute Gasteiger partial charge is 0.469 e. The minimum absolute atomic E-state index is 0.214. The monoisotopic (exact) mass is 406 g/mol. The average molecular weight is 406 g/mol. The third-order valence-corrected chi connectivity index (χ3v) is 4.71. The van der Waals surface area contributed by atoms with Crippen molar-refractivity contribution in [1.82, 2.24) is 10.5 Å². The van der Waals surface area contributed by atoms with Gasteiger partial charge in [-0.25, -0.2) is 4.79 Å². The van der Waals surface area contributed by atoms with Gasteiger partial charge in [0.15, 0.2) is 6.61 Å². The molecule has 2 rings (SSSR count). The van der Waals surface area contributed by atoms with Crippen LogP contribution in [0.15, 0.2) is 39.8 Å². The van der Waals surface area contributed by atoms with Crippen molar-refractivity contribution < 1.29 is 28.4 Å². The SMILES string of the molecule is COC(=O)CCCNC(=O)COC(=O)c1ccccc1SCc1cc(C)on1. The molecule has 2 aromatic rings. The Bertz CT molecular complexity index is 820. The smallest absolute Gasteiger partial charge is 0.339 e. The number of nitrogens with one attached hydrogen (secondary N) is 1. The van der Waals surface area contributed by atoms with Crippen LogP contribution in [0.2, 0.25) is 0 Å². The summed E-state index contributed by atoms with van der Waals surface area (Å²) in [6.45, 7) is 1.72. The lowest BCUT2D eigenvalue weighted by Crippen LogP contribution is -2.30. The van der Waals surface area contributed by atoms with Crippen molar-refractivity contribution in [2.24, 2.45) is 0 Å². The van der Waals surface area contributed by atoms with Gasteiger partial charge in [-0.05, 0) is 25.5 Å². The van der Waals surface area contributed by atoms with Gasteiger partial charge in [-0.3, -0.25) is 9.59 Å². The van der Waals surface area contributed by atoms with E-state index in [1.807, 2.05) is 19.1 Å². The molecule has 0 spiro atoms. The van der Waals surface area contributed by atoms with Crippen molar-refractivity contribution in [3.8, 4) is 0 Å². The highest BCUT2D eigenvalue weighted by molar-refractivity contribution is 7.98. The molecule has 0 atom stereocenters. The third-order valence-electron chi connectivity index (χ3n) is 3.60. The van der Waals surface area contributed by atoms with Gasteiger partial charge >= 0.3 is 11.9 Å². The van der Waals surface area contributed by atoms with E-state index in [2.05, 4.69) is 15.2 Å².